The molecule has 0 radical (unpaired) electrons. The van der Waals surface area contributed by atoms with E-state index in [1.807, 2.05) is 28.0 Å². The highest BCUT2D eigenvalue weighted by atomic mass is 32.1. The van der Waals surface area contributed by atoms with E-state index in [9.17, 15) is 9.59 Å². The minimum atomic E-state index is -0.0931. The number of nitrogens with one attached hydrogen (secondary N) is 1. The minimum Gasteiger partial charge on any atom is -0.339 e. The first kappa shape index (κ1) is 17.1. The number of anilines is 1. The molecule has 2 aliphatic heterocycles. The number of likely N-dealkylation sites (tertiary alicyclic amines) is 2. The Morgan fingerprint density at radius 2 is 1.92 bits per heavy atom. The number of nitrogens with zero attached hydrogens (tertiary/aromatic N) is 2. The molecule has 3 heterocycles. The lowest BCUT2D eigenvalue weighted by atomic mass is 10.1. The van der Waals surface area contributed by atoms with Gasteiger partial charge in [0.15, 0.2) is 0 Å². The molecule has 6 heteroatoms. The average Bonchev–Trinajstić information content (AvgIpc) is 3.43. The van der Waals surface area contributed by atoms with Crippen LogP contribution in [0.3, 0.4) is 0 Å². The predicted molar refractivity (Wildman–Crippen MR) is 104 cm³/mol. The molecule has 0 aliphatic carbocycles. The molecular weight excluding hydrogens is 346 g/mol. The first-order chi connectivity index (χ1) is 12.7. The molecule has 1 aromatic carbocycles. The van der Waals surface area contributed by atoms with E-state index in [4.69, 9.17) is 0 Å². The zero-order valence-corrected chi connectivity index (χ0v) is 15.5. The Hall–Kier alpha value is -2.34. The smallest absolute Gasteiger partial charge is 0.322 e. The van der Waals surface area contributed by atoms with Gasteiger partial charge in [0.2, 0.25) is 0 Å². The summed E-state index contributed by atoms with van der Waals surface area (Å²) in [5, 5.41) is 7.15. The van der Waals surface area contributed by atoms with Crippen molar-refractivity contribution in [2.24, 2.45) is 0 Å². The summed E-state index contributed by atoms with van der Waals surface area (Å²) < 4.78 is 0. The number of thiophene rings is 1. The summed E-state index contributed by atoms with van der Waals surface area (Å²) in [5.41, 5.74) is 2.53. The highest BCUT2D eigenvalue weighted by molar-refractivity contribution is 7.08. The number of carbonyl (C=O) groups is 2. The monoisotopic (exact) mass is 369 g/mol. The van der Waals surface area contributed by atoms with Gasteiger partial charge in [0, 0.05) is 30.9 Å². The number of rotatable bonds is 3. The first-order valence-corrected chi connectivity index (χ1v) is 10.2. The van der Waals surface area contributed by atoms with E-state index in [0.29, 0.717) is 11.3 Å². The topological polar surface area (TPSA) is 52.7 Å². The predicted octanol–water partition coefficient (Wildman–Crippen LogP) is 4.35. The molecule has 26 heavy (non-hydrogen) atoms. The molecule has 0 spiro atoms. The van der Waals surface area contributed by atoms with Gasteiger partial charge in [0.25, 0.3) is 5.91 Å². The fraction of sp³-hybridized carbons (Fsp3) is 0.400. The number of carbonyl (C=O) groups excluding carboxylic acids is 2. The number of urea groups is 1. The number of amides is 3. The van der Waals surface area contributed by atoms with Crippen LogP contribution in [0.5, 0.6) is 0 Å². The third-order valence-electron chi connectivity index (χ3n) is 5.20. The lowest BCUT2D eigenvalue weighted by Gasteiger charge is -2.24. The van der Waals surface area contributed by atoms with E-state index in [1.165, 1.54) is 5.56 Å². The van der Waals surface area contributed by atoms with Crippen molar-refractivity contribution in [3.8, 4) is 0 Å². The van der Waals surface area contributed by atoms with Crippen LogP contribution in [0.15, 0.2) is 41.1 Å². The fourth-order valence-electron chi connectivity index (χ4n) is 3.85. The van der Waals surface area contributed by atoms with Crippen molar-refractivity contribution in [1.29, 1.82) is 0 Å². The molecule has 136 valence electrons. The fourth-order valence-corrected chi connectivity index (χ4v) is 4.56. The molecule has 1 unspecified atom stereocenters. The van der Waals surface area contributed by atoms with Crippen LogP contribution in [0.25, 0.3) is 0 Å². The van der Waals surface area contributed by atoms with Crippen LogP contribution >= 0.6 is 11.3 Å². The van der Waals surface area contributed by atoms with E-state index in [-0.39, 0.29) is 18.0 Å². The molecule has 3 amide bonds. The summed E-state index contributed by atoms with van der Waals surface area (Å²) in [6.45, 7) is 2.41. The molecule has 1 aromatic heterocycles. The van der Waals surface area contributed by atoms with Gasteiger partial charge < -0.3 is 15.1 Å². The van der Waals surface area contributed by atoms with Gasteiger partial charge in [-0.2, -0.15) is 11.3 Å². The molecule has 4 rings (SSSR count). The molecule has 0 saturated carbocycles. The third kappa shape index (κ3) is 3.46. The van der Waals surface area contributed by atoms with Crippen LogP contribution < -0.4 is 5.32 Å². The highest BCUT2D eigenvalue weighted by Gasteiger charge is 2.30. The third-order valence-corrected chi connectivity index (χ3v) is 5.90. The van der Waals surface area contributed by atoms with Crippen LogP contribution in [-0.2, 0) is 0 Å². The van der Waals surface area contributed by atoms with Gasteiger partial charge >= 0.3 is 6.03 Å². The number of hydrogen-bond donors (Lipinski definition) is 1. The lowest BCUT2D eigenvalue weighted by Crippen LogP contribution is -2.34. The Morgan fingerprint density at radius 3 is 2.69 bits per heavy atom. The van der Waals surface area contributed by atoms with Gasteiger partial charge in [-0.1, -0.05) is 6.07 Å². The lowest BCUT2D eigenvalue weighted by molar-refractivity contribution is 0.0793. The summed E-state index contributed by atoms with van der Waals surface area (Å²) >= 11 is 1.66. The van der Waals surface area contributed by atoms with E-state index < -0.39 is 0 Å². The maximum Gasteiger partial charge on any atom is 0.322 e. The van der Waals surface area contributed by atoms with Crippen LogP contribution in [0.2, 0.25) is 0 Å². The Morgan fingerprint density at radius 1 is 1.08 bits per heavy atom. The maximum absolute atomic E-state index is 12.8. The normalized spacial score (nSPS) is 19.8. The van der Waals surface area contributed by atoms with Crippen molar-refractivity contribution >= 4 is 29.0 Å². The van der Waals surface area contributed by atoms with Crippen LogP contribution in [0, 0.1) is 0 Å². The van der Waals surface area contributed by atoms with Crippen molar-refractivity contribution < 1.29 is 9.59 Å². The van der Waals surface area contributed by atoms with Gasteiger partial charge in [-0.25, -0.2) is 4.79 Å². The molecule has 2 aliphatic rings. The van der Waals surface area contributed by atoms with Crippen molar-refractivity contribution in [1.82, 2.24) is 9.80 Å². The minimum absolute atomic E-state index is 0.0518. The molecule has 2 aromatic rings. The quantitative estimate of drug-likeness (QED) is 0.874. The van der Waals surface area contributed by atoms with Gasteiger partial charge in [-0.3, -0.25) is 4.79 Å². The Kier molecular flexibility index (Phi) is 4.93. The van der Waals surface area contributed by atoms with E-state index in [1.54, 1.807) is 17.4 Å². The van der Waals surface area contributed by atoms with Crippen molar-refractivity contribution in [3.05, 3.63) is 52.2 Å². The van der Waals surface area contributed by atoms with E-state index in [2.05, 4.69) is 22.1 Å². The molecular formula is C20H23N3O2S. The Labute approximate surface area is 157 Å². The van der Waals surface area contributed by atoms with Crippen molar-refractivity contribution in [3.63, 3.8) is 0 Å². The van der Waals surface area contributed by atoms with E-state index in [0.717, 1.165) is 45.3 Å². The summed E-state index contributed by atoms with van der Waals surface area (Å²) in [6, 6.07) is 9.43. The summed E-state index contributed by atoms with van der Waals surface area (Å²) in [7, 11) is 0. The second-order valence-electron chi connectivity index (χ2n) is 6.92. The van der Waals surface area contributed by atoms with Crippen LogP contribution in [0.4, 0.5) is 10.5 Å². The summed E-state index contributed by atoms with van der Waals surface area (Å²) in [6.07, 6.45) is 4.15. The van der Waals surface area contributed by atoms with Gasteiger partial charge in [-0.05, 0) is 66.3 Å². The second-order valence-corrected chi connectivity index (χ2v) is 7.70. The molecule has 2 fully saturated rings. The summed E-state index contributed by atoms with van der Waals surface area (Å²) in [4.78, 5) is 29.1. The van der Waals surface area contributed by atoms with Crippen LogP contribution in [-0.4, -0.2) is 41.4 Å². The van der Waals surface area contributed by atoms with Crippen molar-refractivity contribution in [2.45, 2.75) is 31.7 Å². The largest absolute Gasteiger partial charge is 0.339 e. The molecule has 1 N–H and O–H groups in total. The van der Waals surface area contributed by atoms with E-state index >= 15 is 0 Å². The van der Waals surface area contributed by atoms with Gasteiger partial charge in [0.05, 0.1) is 6.04 Å². The highest BCUT2D eigenvalue weighted by Crippen LogP contribution is 2.33. The van der Waals surface area contributed by atoms with Crippen LogP contribution in [0.1, 0.15) is 47.6 Å². The first-order valence-electron chi connectivity index (χ1n) is 9.21. The number of hydrogen-bond acceptors (Lipinski definition) is 3. The zero-order valence-electron chi connectivity index (χ0n) is 14.7. The SMILES string of the molecule is O=C(c1cccc(NC(=O)N2CCCC2c2ccsc2)c1)N1CCCC1. The second kappa shape index (κ2) is 7.50. The summed E-state index contributed by atoms with van der Waals surface area (Å²) in [5.74, 6) is 0.0518. The number of benzene rings is 1. The van der Waals surface area contributed by atoms with Gasteiger partial charge in [-0.15, -0.1) is 0 Å². The molecule has 2 saturated heterocycles. The average molecular weight is 369 g/mol. The standard InChI is InChI=1S/C20H23N3O2S/c24-19(22-9-1-2-10-22)15-5-3-6-17(13-15)21-20(25)23-11-4-7-18(23)16-8-12-26-14-16/h3,5-6,8,12-14,18H,1-2,4,7,9-11H2,(H,21,25). The Bertz CT molecular complexity index is 784. The molecule has 0 bridgehead atoms. The molecule has 1 atom stereocenters. The Balaban J connectivity index is 1.46. The maximum atomic E-state index is 12.8. The van der Waals surface area contributed by atoms with Gasteiger partial charge in [0.1, 0.15) is 0 Å². The zero-order chi connectivity index (χ0) is 17.9. The molecule has 5 nitrogen and oxygen atoms in total. The van der Waals surface area contributed by atoms with Crippen molar-refractivity contribution in [2.75, 3.05) is 25.0 Å².